The van der Waals surface area contributed by atoms with E-state index in [0.29, 0.717) is 47.4 Å². The minimum absolute atomic E-state index is 0.0993. The van der Waals surface area contributed by atoms with Crippen molar-refractivity contribution in [2.45, 2.75) is 20.0 Å². The highest BCUT2D eigenvalue weighted by molar-refractivity contribution is 5.95. The van der Waals surface area contributed by atoms with Gasteiger partial charge in [-0.25, -0.2) is 0 Å². The minimum Gasteiger partial charge on any atom is -0.486 e. The molecule has 2 N–H and O–H groups in total. The lowest BCUT2D eigenvalue weighted by Gasteiger charge is -2.20. The van der Waals surface area contributed by atoms with E-state index in [1.54, 1.807) is 38.1 Å². The Bertz CT molecular complexity index is 722. The summed E-state index contributed by atoms with van der Waals surface area (Å²) in [6, 6.07) is 6.94. The second-order valence-corrected chi connectivity index (χ2v) is 5.46. The summed E-state index contributed by atoms with van der Waals surface area (Å²) < 4.78 is 16.3. The van der Waals surface area contributed by atoms with Crippen molar-refractivity contribution in [3.8, 4) is 11.5 Å². The van der Waals surface area contributed by atoms with E-state index in [9.17, 15) is 9.90 Å². The van der Waals surface area contributed by atoms with Gasteiger partial charge in [0.1, 0.15) is 24.7 Å². The third-order valence-electron chi connectivity index (χ3n) is 3.69. The van der Waals surface area contributed by atoms with E-state index < -0.39 is 6.10 Å². The van der Waals surface area contributed by atoms with Crippen LogP contribution in [0.15, 0.2) is 28.7 Å². The maximum absolute atomic E-state index is 12.1. The Kier molecular flexibility index (Phi) is 4.25. The van der Waals surface area contributed by atoms with Crippen LogP contribution in [0.2, 0.25) is 0 Å². The first-order chi connectivity index (χ1) is 11.0. The molecule has 0 bridgehead atoms. The summed E-state index contributed by atoms with van der Waals surface area (Å²) in [5, 5.41) is 13.0. The van der Waals surface area contributed by atoms with E-state index in [1.807, 2.05) is 0 Å². The summed E-state index contributed by atoms with van der Waals surface area (Å²) >= 11 is 0. The number of furan rings is 1. The van der Waals surface area contributed by atoms with E-state index in [2.05, 4.69) is 5.32 Å². The van der Waals surface area contributed by atoms with Gasteiger partial charge in [-0.05, 0) is 37.6 Å². The zero-order valence-electron chi connectivity index (χ0n) is 13.1. The molecule has 0 saturated carbocycles. The molecule has 1 aromatic carbocycles. The van der Waals surface area contributed by atoms with E-state index in [0.717, 1.165) is 0 Å². The number of hydrogen-bond acceptors (Lipinski definition) is 5. The lowest BCUT2D eigenvalue weighted by molar-refractivity contribution is 0.0914. The fourth-order valence-electron chi connectivity index (χ4n) is 2.53. The van der Waals surface area contributed by atoms with Crippen LogP contribution in [0, 0.1) is 13.8 Å². The highest BCUT2D eigenvalue weighted by Crippen LogP contribution is 2.32. The molecule has 1 aliphatic rings. The predicted molar refractivity (Wildman–Crippen MR) is 82.9 cm³/mol. The maximum Gasteiger partial charge on any atom is 0.254 e. The Hall–Kier alpha value is -2.47. The summed E-state index contributed by atoms with van der Waals surface area (Å²) in [5.74, 6) is 2.26. The summed E-state index contributed by atoms with van der Waals surface area (Å²) in [7, 11) is 0. The quantitative estimate of drug-likeness (QED) is 0.903. The van der Waals surface area contributed by atoms with Gasteiger partial charge in [-0.2, -0.15) is 0 Å². The van der Waals surface area contributed by atoms with Gasteiger partial charge in [0.25, 0.3) is 5.91 Å². The summed E-state index contributed by atoms with van der Waals surface area (Å²) in [4.78, 5) is 12.1. The molecule has 1 aromatic heterocycles. The van der Waals surface area contributed by atoms with Crippen molar-refractivity contribution in [3.05, 3.63) is 46.9 Å². The molecule has 23 heavy (non-hydrogen) atoms. The summed E-state index contributed by atoms with van der Waals surface area (Å²) in [6.07, 6.45) is -0.830. The zero-order chi connectivity index (χ0) is 16.4. The number of carbonyl (C=O) groups is 1. The van der Waals surface area contributed by atoms with Crippen LogP contribution in [0.4, 0.5) is 0 Å². The van der Waals surface area contributed by atoms with E-state index in [-0.39, 0.29) is 12.5 Å². The molecule has 122 valence electrons. The molecule has 0 aliphatic carbocycles. The van der Waals surface area contributed by atoms with Gasteiger partial charge in [0, 0.05) is 6.54 Å². The van der Waals surface area contributed by atoms with Gasteiger partial charge in [0.2, 0.25) is 0 Å². The molecule has 0 fully saturated rings. The smallest absolute Gasteiger partial charge is 0.254 e. The molecule has 2 heterocycles. The monoisotopic (exact) mass is 317 g/mol. The standard InChI is InChI=1S/C17H19NO5/c1-10-7-13(11(2)23-10)17(20)18-9-14(19)12-3-4-15-16(8-12)22-6-5-21-15/h3-4,7-8,14,19H,5-6,9H2,1-2H3,(H,18,20)/t14-/m0/s1. The Labute approximate surface area is 134 Å². The number of fused-ring (bicyclic) bond motifs is 1. The molecule has 6 heteroatoms. The predicted octanol–water partition coefficient (Wildman–Crippen LogP) is 2.13. The molecule has 0 saturated heterocycles. The number of rotatable bonds is 4. The van der Waals surface area contributed by atoms with Crippen molar-refractivity contribution < 1.29 is 23.8 Å². The lowest BCUT2D eigenvalue weighted by atomic mass is 10.1. The topological polar surface area (TPSA) is 80.9 Å². The number of carbonyl (C=O) groups excluding carboxylic acids is 1. The number of amides is 1. The normalized spacial score (nSPS) is 14.4. The molecule has 1 atom stereocenters. The fraction of sp³-hybridized carbons (Fsp3) is 0.353. The Balaban J connectivity index is 1.64. The number of hydrogen-bond donors (Lipinski definition) is 2. The van der Waals surface area contributed by atoms with Gasteiger partial charge >= 0.3 is 0 Å². The van der Waals surface area contributed by atoms with Crippen LogP contribution < -0.4 is 14.8 Å². The second kappa shape index (κ2) is 6.34. The zero-order valence-corrected chi connectivity index (χ0v) is 13.1. The van der Waals surface area contributed by atoms with Crippen molar-refractivity contribution in [2.24, 2.45) is 0 Å². The first kappa shape index (κ1) is 15.4. The van der Waals surface area contributed by atoms with Gasteiger partial charge in [0.05, 0.1) is 11.7 Å². The molecule has 1 aliphatic heterocycles. The van der Waals surface area contributed by atoms with Crippen LogP contribution in [0.5, 0.6) is 11.5 Å². The van der Waals surface area contributed by atoms with Gasteiger partial charge in [-0.1, -0.05) is 6.07 Å². The maximum atomic E-state index is 12.1. The molecule has 3 rings (SSSR count). The second-order valence-electron chi connectivity index (χ2n) is 5.46. The number of aliphatic hydroxyl groups is 1. The van der Waals surface area contributed by atoms with Crippen LogP contribution in [0.1, 0.15) is 33.5 Å². The van der Waals surface area contributed by atoms with E-state index >= 15 is 0 Å². The fourth-order valence-corrected chi connectivity index (χ4v) is 2.53. The number of nitrogens with one attached hydrogen (secondary N) is 1. The molecular formula is C17H19NO5. The molecule has 0 radical (unpaired) electrons. The Morgan fingerprint density at radius 1 is 1.22 bits per heavy atom. The van der Waals surface area contributed by atoms with Gasteiger partial charge in [-0.3, -0.25) is 4.79 Å². The van der Waals surface area contributed by atoms with Crippen molar-refractivity contribution in [1.29, 1.82) is 0 Å². The third-order valence-corrected chi connectivity index (χ3v) is 3.69. The van der Waals surface area contributed by atoms with Gasteiger partial charge in [0.15, 0.2) is 11.5 Å². The highest BCUT2D eigenvalue weighted by Gasteiger charge is 2.18. The summed E-state index contributed by atoms with van der Waals surface area (Å²) in [5.41, 5.74) is 1.14. The van der Waals surface area contributed by atoms with Crippen molar-refractivity contribution >= 4 is 5.91 Å². The number of aryl methyl sites for hydroxylation is 2. The first-order valence-corrected chi connectivity index (χ1v) is 7.47. The molecule has 2 aromatic rings. The molecule has 0 spiro atoms. The molecule has 6 nitrogen and oxygen atoms in total. The average Bonchev–Trinajstić information content (AvgIpc) is 2.90. The van der Waals surface area contributed by atoms with Crippen LogP contribution >= 0.6 is 0 Å². The molecular weight excluding hydrogens is 298 g/mol. The van der Waals surface area contributed by atoms with Crippen molar-refractivity contribution in [2.75, 3.05) is 19.8 Å². The summed E-state index contributed by atoms with van der Waals surface area (Å²) in [6.45, 7) is 4.63. The van der Waals surface area contributed by atoms with Gasteiger partial charge in [-0.15, -0.1) is 0 Å². The number of ether oxygens (including phenoxy) is 2. The van der Waals surface area contributed by atoms with Crippen molar-refractivity contribution in [3.63, 3.8) is 0 Å². The molecule has 0 unspecified atom stereocenters. The third kappa shape index (κ3) is 3.32. The Morgan fingerprint density at radius 3 is 2.65 bits per heavy atom. The number of benzene rings is 1. The van der Waals surface area contributed by atoms with Crippen LogP contribution in [-0.2, 0) is 0 Å². The largest absolute Gasteiger partial charge is 0.486 e. The first-order valence-electron chi connectivity index (χ1n) is 7.47. The highest BCUT2D eigenvalue weighted by atomic mass is 16.6. The molecule has 1 amide bonds. The SMILES string of the molecule is Cc1cc(C(=O)NC[C@H](O)c2ccc3c(c2)OCCO3)c(C)o1. The van der Waals surface area contributed by atoms with Gasteiger partial charge < -0.3 is 24.3 Å². The minimum atomic E-state index is -0.830. The van der Waals surface area contributed by atoms with E-state index in [4.69, 9.17) is 13.9 Å². The van der Waals surface area contributed by atoms with Crippen LogP contribution in [0.25, 0.3) is 0 Å². The lowest BCUT2D eigenvalue weighted by Crippen LogP contribution is -2.28. The van der Waals surface area contributed by atoms with E-state index in [1.165, 1.54) is 0 Å². The number of aliphatic hydroxyl groups excluding tert-OH is 1. The average molecular weight is 317 g/mol. The van der Waals surface area contributed by atoms with Crippen LogP contribution in [-0.4, -0.2) is 30.8 Å². The van der Waals surface area contributed by atoms with Crippen LogP contribution in [0.3, 0.4) is 0 Å². The van der Waals surface area contributed by atoms with Crippen molar-refractivity contribution in [1.82, 2.24) is 5.32 Å². The Morgan fingerprint density at radius 2 is 1.96 bits per heavy atom.